The summed E-state index contributed by atoms with van der Waals surface area (Å²) in [6.45, 7) is 1.53. The molecular formula is C25H24ClN3O. The first-order valence-corrected chi connectivity index (χ1v) is 10.8. The summed E-state index contributed by atoms with van der Waals surface area (Å²) in [5.41, 5.74) is 5.78. The van der Waals surface area contributed by atoms with E-state index in [2.05, 4.69) is 22.8 Å². The van der Waals surface area contributed by atoms with Gasteiger partial charge in [-0.3, -0.25) is 9.36 Å². The van der Waals surface area contributed by atoms with E-state index in [0.717, 1.165) is 29.9 Å². The van der Waals surface area contributed by atoms with Crippen LogP contribution < -0.4 is 16.2 Å². The average molecular weight is 418 g/mol. The number of hydrogen-bond acceptors (Lipinski definition) is 3. The predicted molar refractivity (Wildman–Crippen MR) is 124 cm³/mol. The highest BCUT2D eigenvalue weighted by Gasteiger charge is 2.23. The Morgan fingerprint density at radius 2 is 2.00 bits per heavy atom. The van der Waals surface area contributed by atoms with Gasteiger partial charge >= 0.3 is 0 Å². The Hall–Kier alpha value is -2.98. The molecule has 0 amide bonds. The van der Waals surface area contributed by atoms with Crippen molar-refractivity contribution in [2.24, 2.45) is 5.92 Å². The minimum absolute atomic E-state index is 0.0596. The molecule has 2 aliphatic heterocycles. The summed E-state index contributed by atoms with van der Waals surface area (Å²) in [7, 11) is 0. The van der Waals surface area contributed by atoms with Crippen molar-refractivity contribution in [1.29, 1.82) is 0 Å². The SMILES string of the molecule is O=c1c(-c2cccc(Cl)c2)cc(C2=CC=C(C3CCC3)NC2)cn1C1=CNCC=C1. The molecule has 0 bridgehead atoms. The van der Waals surface area contributed by atoms with Crippen LogP contribution >= 0.6 is 11.6 Å². The van der Waals surface area contributed by atoms with Gasteiger partial charge in [0.15, 0.2) is 0 Å². The highest BCUT2D eigenvalue weighted by atomic mass is 35.5. The van der Waals surface area contributed by atoms with E-state index in [4.69, 9.17) is 11.6 Å². The molecule has 3 aliphatic rings. The van der Waals surface area contributed by atoms with E-state index in [1.54, 1.807) is 4.57 Å². The fourth-order valence-corrected chi connectivity index (χ4v) is 4.32. The minimum Gasteiger partial charge on any atom is -0.386 e. The van der Waals surface area contributed by atoms with Crippen LogP contribution in [0.5, 0.6) is 0 Å². The summed E-state index contributed by atoms with van der Waals surface area (Å²) in [4.78, 5) is 13.4. The molecule has 1 saturated carbocycles. The molecule has 30 heavy (non-hydrogen) atoms. The van der Waals surface area contributed by atoms with Crippen molar-refractivity contribution >= 4 is 22.9 Å². The van der Waals surface area contributed by atoms with Gasteiger partial charge in [0.05, 0.1) is 5.70 Å². The van der Waals surface area contributed by atoms with E-state index in [9.17, 15) is 4.79 Å². The largest absolute Gasteiger partial charge is 0.386 e. The highest BCUT2D eigenvalue weighted by Crippen LogP contribution is 2.34. The second kappa shape index (κ2) is 8.04. The Balaban J connectivity index is 1.62. The fourth-order valence-electron chi connectivity index (χ4n) is 4.12. The third-order valence-corrected chi connectivity index (χ3v) is 6.30. The summed E-state index contributed by atoms with van der Waals surface area (Å²) in [6.07, 6.45) is 16.1. The number of nitrogens with one attached hydrogen (secondary N) is 2. The third-order valence-electron chi connectivity index (χ3n) is 6.07. The topological polar surface area (TPSA) is 46.1 Å². The smallest absolute Gasteiger partial charge is 0.263 e. The minimum atomic E-state index is -0.0596. The van der Waals surface area contributed by atoms with Gasteiger partial charge in [-0.2, -0.15) is 0 Å². The lowest BCUT2D eigenvalue weighted by atomic mass is 9.81. The maximum absolute atomic E-state index is 13.4. The van der Waals surface area contributed by atoms with Crippen LogP contribution in [0.4, 0.5) is 0 Å². The number of hydrogen-bond donors (Lipinski definition) is 2. The van der Waals surface area contributed by atoms with Crippen LogP contribution in [0.1, 0.15) is 24.8 Å². The number of aromatic nitrogens is 1. The first-order valence-electron chi connectivity index (χ1n) is 10.5. The van der Waals surface area contributed by atoms with Crippen LogP contribution in [0.15, 0.2) is 77.5 Å². The van der Waals surface area contributed by atoms with Crippen molar-refractivity contribution in [1.82, 2.24) is 15.2 Å². The number of dihydropyridines is 2. The molecule has 0 atom stereocenters. The molecule has 0 unspecified atom stereocenters. The molecule has 0 spiro atoms. The van der Waals surface area contributed by atoms with Gasteiger partial charge in [0.25, 0.3) is 5.56 Å². The summed E-state index contributed by atoms with van der Waals surface area (Å²) in [5.74, 6) is 0.683. The maximum Gasteiger partial charge on any atom is 0.263 e. The maximum atomic E-state index is 13.4. The van der Waals surface area contributed by atoms with Crippen molar-refractivity contribution in [2.45, 2.75) is 19.3 Å². The number of benzene rings is 1. The number of halogens is 1. The second-order valence-corrected chi connectivity index (χ2v) is 8.44. The van der Waals surface area contributed by atoms with Gasteiger partial charge in [0.1, 0.15) is 0 Å². The molecule has 3 heterocycles. The van der Waals surface area contributed by atoms with Gasteiger partial charge in [-0.1, -0.05) is 42.3 Å². The average Bonchev–Trinajstić information content (AvgIpc) is 2.74. The van der Waals surface area contributed by atoms with E-state index < -0.39 is 0 Å². The summed E-state index contributed by atoms with van der Waals surface area (Å²) in [6, 6.07) is 9.47. The number of allylic oxidation sites excluding steroid dienone is 5. The van der Waals surface area contributed by atoms with Crippen LogP contribution in [-0.2, 0) is 0 Å². The normalized spacial score (nSPS) is 18.5. The number of nitrogens with zero attached hydrogens (tertiary/aromatic N) is 1. The number of rotatable bonds is 4. The zero-order chi connectivity index (χ0) is 20.5. The molecule has 1 aromatic heterocycles. The van der Waals surface area contributed by atoms with E-state index >= 15 is 0 Å². The predicted octanol–water partition coefficient (Wildman–Crippen LogP) is 4.80. The summed E-state index contributed by atoms with van der Waals surface area (Å²) >= 11 is 6.22. The van der Waals surface area contributed by atoms with Gasteiger partial charge in [0.2, 0.25) is 0 Å². The zero-order valence-corrected chi connectivity index (χ0v) is 17.5. The van der Waals surface area contributed by atoms with Crippen molar-refractivity contribution in [3.8, 4) is 11.1 Å². The Labute approximate surface area is 181 Å². The third kappa shape index (κ3) is 3.63. The molecule has 2 aromatic rings. The molecule has 1 fully saturated rings. The van der Waals surface area contributed by atoms with Crippen LogP contribution in [0, 0.1) is 5.92 Å². The second-order valence-electron chi connectivity index (χ2n) is 8.00. The highest BCUT2D eigenvalue weighted by molar-refractivity contribution is 6.30. The molecule has 5 heteroatoms. The van der Waals surface area contributed by atoms with Crippen molar-refractivity contribution in [3.63, 3.8) is 0 Å². The first-order chi connectivity index (χ1) is 14.7. The molecule has 152 valence electrons. The lowest BCUT2D eigenvalue weighted by Crippen LogP contribution is -2.29. The quantitative estimate of drug-likeness (QED) is 0.751. The van der Waals surface area contributed by atoms with Crippen LogP contribution in [0.25, 0.3) is 22.4 Å². The van der Waals surface area contributed by atoms with Crippen molar-refractivity contribution < 1.29 is 0 Å². The molecule has 1 aromatic carbocycles. The van der Waals surface area contributed by atoms with E-state index in [-0.39, 0.29) is 5.56 Å². The van der Waals surface area contributed by atoms with Crippen molar-refractivity contribution in [2.75, 3.05) is 13.1 Å². The Morgan fingerprint density at radius 1 is 1.10 bits per heavy atom. The number of pyridine rings is 1. The molecule has 0 radical (unpaired) electrons. The Bertz CT molecular complexity index is 1170. The zero-order valence-electron chi connectivity index (χ0n) is 16.7. The summed E-state index contributed by atoms with van der Waals surface area (Å²) in [5, 5.41) is 7.41. The Morgan fingerprint density at radius 3 is 2.67 bits per heavy atom. The van der Waals surface area contributed by atoms with Crippen LogP contribution in [0.3, 0.4) is 0 Å². The lowest BCUT2D eigenvalue weighted by molar-refractivity contribution is 0.352. The van der Waals surface area contributed by atoms with Gasteiger partial charge in [0, 0.05) is 41.8 Å². The van der Waals surface area contributed by atoms with E-state index in [0.29, 0.717) is 16.5 Å². The molecule has 5 rings (SSSR count). The van der Waals surface area contributed by atoms with E-state index in [1.165, 1.54) is 30.5 Å². The van der Waals surface area contributed by atoms with Gasteiger partial charge in [-0.15, -0.1) is 0 Å². The Kier molecular flexibility index (Phi) is 5.09. The molecule has 0 saturated heterocycles. The van der Waals surface area contributed by atoms with Crippen molar-refractivity contribution in [3.05, 3.63) is 93.7 Å². The first kappa shape index (κ1) is 19.0. The summed E-state index contributed by atoms with van der Waals surface area (Å²) < 4.78 is 1.72. The van der Waals surface area contributed by atoms with E-state index in [1.807, 2.05) is 54.9 Å². The lowest BCUT2D eigenvalue weighted by Gasteiger charge is -2.31. The standard InChI is InChI=1S/C25H24ClN3O/c26-21-7-2-6-18(12-21)23-13-20(16-29(25(23)30)22-8-3-11-27-15-22)19-9-10-24(28-14-19)17-4-1-5-17/h2-3,6-10,12-13,15-17,27-28H,1,4-5,11,14H2. The van der Waals surface area contributed by atoms with Gasteiger partial charge < -0.3 is 10.6 Å². The van der Waals surface area contributed by atoms with Gasteiger partial charge in [-0.05, 0) is 65.8 Å². The van der Waals surface area contributed by atoms with Crippen LogP contribution in [0.2, 0.25) is 5.02 Å². The van der Waals surface area contributed by atoms with Crippen LogP contribution in [-0.4, -0.2) is 17.7 Å². The molecule has 1 aliphatic carbocycles. The fraction of sp³-hybridized carbons (Fsp3) is 0.240. The molecule has 2 N–H and O–H groups in total. The van der Waals surface area contributed by atoms with Gasteiger partial charge in [-0.25, -0.2) is 0 Å². The molecule has 4 nitrogen and oxygen atoms in total. The molecular weight excluding hydrogens is 394 g/mol. The monoisotopic (exact) mass is 417 g/mol.